The van der Waals surface area contributed by atoms with Crippen molar-refractivity contribution in [2.24, 2.45) is 0 Å². The van der Waals surface area contributed by atoms with Crippen molar-refractivity contribution in [3.8, 4) is 0 Å². The van der Waals surface area contributed by atoms with E-state index < -0.39 is 0 Å². The van der Waals surface area contributed by atoms with Gasteiger partial charge in [-0.25, -0.2) is 0 Å². The third kappa shape index (κ3) is 5.27. The van der Waals surface area contributed by atoms with Gasteiger partial charge in [0.15, 0.2) is 0 Å². The highest BCUT2D eigenvalue weighted by Gasteiger charge is 2.11. The van der Waals surface area contributed by atoms with Gasteiger partial charge in [0.25, 0.3) is 0 Å². The average molecular weight is 184 g/mol. The highest BCUT2D eigenvalue weighted by Crippen LogP contribution is 2.17. The Kier molecular flexibility index (Phi) is 5.40. The van der Waals surface area contributed by atoms with Crippen LogP contribution in [-0.4, -0.2) is 38.1 Å². The monoisotopic (exact) mass is 184 g/mol. The van der Waals surface area contributed by atoms with Crippen LogP contribution in [0.3, 0.4) is 0 Å². The van der Waals surface area contributed by atoms with Gasteiger partial charge >= 0.3 is 0 Å². The Morgan fingerprint density at radius 1 is 1.15 bits per heavy atom. The summed E-state index contributed by atoms with van der Waals surface area (Å²) in [7, 11) is 4.28. The summed E-state index contributed by atoms with van der Waals surface area (Å²) in [6.45, 7) is 2.41. The van der Waals surface area contributed by atoms with Crippen LogP contribution in [0.2, 0.25) is 0 Å². The molecule has 0 amide bonds. The molecule has 0 aromatic carbocycles. The predicted molar refractivity (Wildman–Crippen MR) is 58.0 cm³/mol. The molecule has 0 spiro atoms. The van der Waals surface area contributed by atoms with E-state index in [0.29, 0.717) is 0 Å². The summed E-state index contributed by atoms with van der Waals surface area (Å²) in [4.78, 5) is 2.25. The zero-order chi connectivity index (χ0) is 9.52. The lowest BCUT2D eigenvalue weighted by molar-refractivity contribution is 0.350. The Morgan fingerprint density at radius 2 is 1.85 bits per heavy atom. The molecule has 1 fully saturated rings. The van der Waals surface area contributed by atoms with E-state index in [4.69, 9.17) is 0 Å². The zero-order valence-electron chi connectivity index (χ0n) is 9.18. The molecule has 78 valence electrons. The highest BCUT2D eigenvalue weighted by atomic mass is 15.1. The van der Waals surface area contributed by atoms with Gasteiger partial charge in [0, 0.05) is 6.04 Å². The minimum absolute atomic E-state index is 0.830. The Balaban J connectivity index is 1.92. The van der Waals surface area contributed by atoms with Crippen molar-refractivity contribution < 1.29 is 0 Å². The first-order valence-electron chi connectivity index (χ1n) is 5.67. The first-order chi connectivity index (χ1) is 6.29. The Bertz CT molecular complexity index is 117. The summed E-state index contributed by atoms with van der Waals surface area (Å²) in [5, 5.41) is 3.65. The minimum atomic E-state index is 0.830. The second-order valence-corrected chi connectivity index (χ2v) is 4.45. The van der Waals surface area contributed by atoms with Crippen molar-refractivity contribution >= 4 is 0 Å². The van der Waals surface area contributed by atoms with E-state index in [1.54, 1.807) is 0 Å². The van der Waals surface area contributed by atoms with Crippen molar-refractivity contribution in [1.29, 1.82) is 0 Å². The lowest BCUT2D eigenvalue weighted by Crippen LogP contribution is -2.32. The van der Waals surface area contributed by atoms with Gasteiger partial charge in [-0.05, 0) is 46.4 Å². The molecule has 0 aromatic rings. The van der Waals surface area contributed by atoms with Crippen LogP contribution in [0.25, 0.3) is 0 Å². The third-order valence-electron chi connectivity index (χ3n) is 2.82. The van der Waals surface area contributed by atoms with Crippen molar-refractivity contribution in [2.75, 3.05) is 27.2 Å². The Hall–Kier alpha value is -0.0800. The van der Waals surface area contributed by atoms with E-state index in [9.17, 15) is 0 Å². The van der Waals surface area contributed by atoms with E-state index in [2.05, 4.69) is 24.3 Å². The molecule has 1 rings (SSSR count). The van der Waals surface area contributed by atoms with Crippen LogP contribution >= 0.6 is 0 Å². The van der Waals surface area contributed by atoms with E-state index in [-0.39, 0.29) is 0 Å². The van der Waals surface area contributed by atoms with E-state index in [0.717, 1.165) is 6.04 Å². The van der Waals surface area contributed by atoms with E-state index >= 15 is 0 Å². The minimum Gasteiger partial charge on any atom is -0.314 e. The maximum Gasteiger partial charge on any atom is 0.00670 e. The van der Waals surface area contributed by atoms with Crippen molar-refractivity contribution in [3.05, 3.63) is 0 Å². The largest absolute Gasteiger partial charge is 0.314 e. The first kappa shape index (κ1) is 11.0. The molecule has 2 heteroatoms. The highest BCUT2D eigenvalue weighted by molar-refractivity contribution is 4.71. The van der Waals surface area contributed by atoms with Gasteiger partial charge in [0.2, 0.25) is 0 Å². The van der Waals surface area contributed by atoms with Crippen LogP contribution in [0.1, 0.15) is 38.5 Å². The molecule has 1 aliphatic carbocycles. The molecule has 0 aromatic heterocycles. The van der Waals surface area contributed by atoms with Crippen molar-refractivity contribution in [2.45, 2.75) is 44.6 Å². The molecule has 0 atom stereocenters. The fraction of sp³-hybridized carbons (Fsp3) is 1.00. The van der Waals surface area contributed by atoms with Gasteiger partial charge in [-0.3, -0.25) is 0 Å². The number of nitrogens with zero attached hydrogens (tertiary/aromatic N) is 1. The Labute approximate surface area is 82.7 Å². The zero-order valence-corrected chi connectivity index (χ0v) is 9.18. The summed E-state index contributed by atoms with van der Waals surface area (Å²) >= 11 is 0. The molecule has 0 saturated heterocycles. The number of hydrogen-bond acceptors (Lipinski definition) is 2. The van der Waals surface area contributed by atoms with Gasteiger partial charge in [-0.2, -0.15) is 0 Å². The standard InChI is InChI=1S/C11H24N2/c1-13(2)10-6-9-12-11-7-4-3-5-8-11/h11-12H,3-10H2,1-2H3. The average Bonchev–Trinajstić information content (AvgIpc) is 2.14. The fourth-order valence-corrected chi connectivity index (χ4v) is 2.01. The van der Waals surface area contributed by atoms with Gasteiger partial charge in [-0.1, -0.05) is 19.3 Å². The molecule has 1 saturated carbocycles. The second-order valence-electron chi connectivity index (χ2n) is 4.45. The van der Waals surface area contributed by atoms with Gasteiger partial charge < -0.3 is 10.2 Å². The maximum atomic E-state index is 3.65. The van der Waals surface area contributed by atoms with Crippen LogP contribution in [0.15, 0.2) is 0 Å². The van der Waals surface area contributed by atoms with E-state index in [1.165, 1.54) is 51.6 Å². The molecule has 1 N–H and O–H groups in total. The third-order valence-corrected chi connectivity index (χ3v) is 2.82. The molecule has 1 aliphatic rings. The lowest BCUT2D eigenvalue weighted by Gasteiger charge is -2.23. The number of nitrogens with one attached hydrogen (secondary N) is 1. The molecule has 0 unspecified atom stereocenters. The SMILES string of the molecule is CN(C)CCCNC1CCCCC1. The Morgan fingerprint density at radius 3 is 2.46 bits per heavy atom. The van der Waals surface area contributed by atoms with Crippen LogP contribution in [0, 0.1) is 0 Å². The topological polar surface area (TPSA) is 15.3 Å². The van der Waals surface area contributed by atoms with Crippen LogP contribution < -0.4 is 5.32 Å². The molecule has 0 bridgehead atoms. The summed E-state index contributed by atoms with van der Waals surface area (Å²) in [6, 6.07) is 0.830. The molecular formula is C11H24N2. The van der Waals surface area contributed by atoms with Gasteiger partial charge in [0.1, 0.15) is 0 Å². The maximum absolute atomic E-state index is 3.65. The first-order valence-corrected chi connectivity index (χ1v) is 5.67. The summed E-state index contributed by atoms with van der Waals surface area (Å²) in [5.74, 6) is 0. The van der Waals surface area contributed by atoms with Crippen LogP contribution in [-0.2, 0) is 0 Å². The molecule has 0 radical (unpaired) electrons. The lowest BCUT2D eigenvalue weighted by atomic mass is 9.95. The second kappa shape index (κ2) is 6.39. The van der Waals surface area contributed by atoms with Gasteiger partial charge in [0.05, 0.1) is 0 Å². The van der Waals surface area contributed by atoms with Crippen molar-refractivity contribution in [3.63, 3.8) is 0 Å². The van der Waals surface area contributed by atoms with Crippen LogP contribution in [0.5, 0.6) is 0 Å². The number of rotatable bonds is 5. The summed E-state index contributed by atoms with van der Waals surface area (Å²) in [6.07, 6.45) is 8.42. The normalized spacial score (nSPS) is 19.6. The van der Waals surface area contributed by atoms with Crippen molar-refractivity contribution in [1.82, 2.24) is 10.2 Å². The molecular weight excluding hydrogens is 160 g/mol. The number of hydrogen-bond donors (Lipinski definition) is 1. The predicted octanol–water partition coefficient (Wildman–Crippen LogP) is 1.86. The fourth-order valence-electron chi connectivity index (χ4n) is 2.01. The molecule has 13 heavy (non-hydrogen) atoms. The smallest absolute Gasteiger partial charge is 0.00670 e. The van der Waals surface area contributed by atoms with Gasteiger partial charge in [-0.15, -0.1) is 0 Å². The molecule has 2 nitrogen and oxygen atoms in total. The summed E-state index contributed by atoms with van der Waals surface area (Å²) < 4.78 is 0. The quantitative estimate of drug-likeness (QED) is 0.656. The molecule has 0 aliphatic heterocycles. The van der Waals surface area contributed by atoms with E-state index in [1.807, 2.05) is 0 Å². The summed E-state index contributed by atoms with van der Waals surface area (Å²) in [5.41, 5.74) is 0. The van der Waals surface area contributed by atoms with Crippen LogP contribution in [0.4, 0.5) is 0 Å². The molecule has 0 heterocycles.